The van der Waals surface area contributed by atoms with Gasteiger partial charge in [0.2, 0.25) is 0 Å². The lowest BCUT2D eigenvalue weighted by atomic mass is 10.1. The number of alkyl halides is 1. The Morgan fingerprint density at radius 2 is 1.50 bits per heavy atom. The van der Waals surface area contributed by atoms with Crippen LogP contribution in [-0.2, 0) is 0 Å². The normalized spacial score (nSPS) is 17.0. The summed E-state index contributed by atoms with van der Waals surface area (Å²) in [7, 11) is 0. The molecule has 0 saturated heterocycles. The van der Waals surface area contributed by atoms with E-state index < -0.39 is 10.7 Å². The van der Waals surface area contributed by atoms with Gasteiger partial charge in [0.25, 0.3) is 0 Å². The monoisotopic (exact) mass is 162 g/mol. The maximum absolute atomic E-state index is 9.04. The largest absolute Gasteiger partial charge is 0.378 e. The summed E-state index contributed by atoms with van der Waals surface area (Å²) in [6, 6.07) is 0. The Balaban J connectivity index is 4.19. The zero-order chi connectivity index (χ0) is 8.41. The van der Waals surface area contributed by atoms with Crippen molar-refractivity contribution in [1.29, 1.82) is 0 Å². The zero-order valence-electron chi connectivity index (χ0n) is 6.27. The van der Waals surface area contributed by atoms with Crippen molar-refractivity contribution in [2.24, 2.45) is 0 Å². The van der Waals surface area contributed by atoms with Crippen LogP contribution in [0.25, 0.3) is 0 Å². The van der Waals surface area contributed by atoms with Crippen LogP contribution in [-0.4, -0.2) is 20.9 Å². The van der Waals surface area contributed by atoms with Crippen LogP contribution in [0.3, 0.4) is 0 Å². The van der Waals surface area contributed by atoms with Crippen molar-refractivity contribution in [3.8, 4) is 11.8 Å². The molecule has 0 heterocycles. The number of hydrogen-bond acceptors (Lipinski definition) is 2. The summed E-state index contributed by atoms with van der Waals surface area (Å²) in [5.74, 6) is 4.67. The highest BCUT2D eigenvalue weighted by atomic mass is 35.5. The molecule has 2 N–H and O–H groups in total. The molecule has 1 atom stereocenters. The van der Waals surface area contributed by atoms with Crippen molar-refractivity contribution in [1.82, 2.24) is 0 Å². The van der Waals surface area contributed by atoms with E-state index in [0.717, 1.165) is 0 Å². The van der Waals surface area contributed by atoms with Crippen LogP contribution in [0.2, 0.25) is 0 Å². The quantitative estimate of drug-likeness (QED) is 0.407. The van der Waals surface area contributed by atoms with Crippen molar-refractivity contribution >= 4 is 11.6 Å². The van der Waals surface area contributed by atoms with Gasteiger partial charge in [-0.2, -0.15) is 0 Å². The van der Waals surface area contributed by atoms with Crippen LogP contribution in [0.5, 0.6) is 0 Å². The average molecular weight is 163 g/mol. The van der Waals surface area contributed by atoms with Crippen LogP contribution in [0.15, 0.2) is 0 Å². The van der Waals surface area contributed by atoms with Gasteiger partial charge in [-0.25, -0.2) is 0 Å². The molecule has 0 aromatic heterocycles. The Labute approximate surface area is 65.8 Å². The first-order chi connectivity index (χ1) is 4.21. The fraction of sp³-hybridized carbons (Fsp3) is 0.714. The molecule has 58 valence electrons. The molecule has 0 aliphatic heterocycles. The fourth-order valence-corrected chi connectivity index (χ4v) is 0.314. The van der Waals surface area contributed by atoms with Crippen LogP contribution in [0.1, 0.15) is 20.8 Å². The Morgan fingerprint density at radius 1 is 1.10 bits per heavy atom. The molecule has 0 aromatic carbocycles. The standard InChI is InChI=1S/C7H11ClO2/c1-6(2,9)4-5-7(3,8)10/h9-10H,1-3H3. The van der Waals surface area contributed by atoms with E-state index in [1.807, 2.05) is 0 Å². The van der Waals surface area contributed by atoms with Gasteiger partial charge in [-0.3, -0.25) is 0 Å². The minimum atomic E-state index is -1.54. The smallest absolute Gasteiger partial charge is 0.198 e. The predicted octanol–water partition coefficient (Wildman–Crippen LogP) is 0.708. The third kappa shape index (κ3) is 7.77. The fourth-order valence-electron chi connectivity index (χ4n) is 0.267. The molecule has 2 nitrogen and oxygen atoms in total. The Morgan fingerprint density at radius 3 is 1.60 bits per heavy atom. The number of halogens is 1. The molecule has 0 radical (unpaired) electrons. The van der Waals surface area contributed by atoms with Gasteiger partial charge in [-0.15, -0.1) is 0 Å². The van der Waals surface area contributed by atoms with Gasteiger partial charge in [0, 0.05) is 0 Å². The van der Waals surface area contributed by atoms with Crippen molar-refractivity contribution in [2.45, 2.75) is 31.4 Å². The lowest BCUT2D eigenvalue weighted by molar-refractivity contribution is 0.141. The molecule has 10 heavy (non-hydrogen) atoms. The SMILES string of the molecule is CC(C)(O)C#CC(C)(O)Cl. The molecule has 0 spiro atoms. The van der Waals surface area contributed by atoms with Crippen molar-refractivity contribution in [2.75, 3.05) is 0 Å². The van der Waals surface area contributed by atoms with Gasteiger partial charge >= 0.3 is 0 Å². The van der Waals surface area contributed by atoms with E-state index in [-0.39, 0.29) is 0 Å². The van der Waals surface area contributed by atoms with Crippen LogP contribution < -0.4 is 0 Å². The van der Waals surface area contributed by atoms with E-state index in [9.17, 15) is 0 Å². The minimum absolute atomic E-state index is 1.10. The summed E-state index contributed by atoms with van der Waals surface area (Å²) in [5, 5.41) is 16.4. The van der Waals surface area contributed by atoms with E-state index in [2.05, 4.69) is 11.8 Å². The molecule has 0 fully saturated rings. The van der Waals surface area contributed by atoms with Gasteiger partial charge < -0.3 is 10.2 Å². The summed E-state index contributed by atoms with van der Waals surface area (Å²) in [6.07, 6.45) is 0. The number of hydrogen-bond donors (Lipinski definition) is 2. The first kappa shape index (κ1) is 9.77. The van der Waals surface area contributed by atoms with Gasteiger partial charge in [-0.1, -0.05) is 17.5 Å². The second-order valence-electron chi connectivity index (χ2n) is 2.76. The highest BCUT2D eigenvalue weighted by Gasteiger charge is 2.13. The van der Waals surface area contributed by atoms with Gasteiger partial charge in [0.05, 0.1) is 0 Å². The molecule has 0 aliphatic rings. The second kappa shape index (κ2) is 2.79. The zero-order valence-corrected chi connectivity index (χ0v) is 7.03. The van der Waals surface area contributed by atoms with E-state index in [0.29, 0.717) is 0 Å². The maximum Gasteiger partial charge on any atom is 0.198 e. The average Bonchev–Trinajstić information content (AvgIpc) is 1.57. The van der Waals surface area contributed by atoms with Gasteiger partial charge in [0.1, 0.15) is 5.60 Å². The Hall–Kier alpha value is -0.230. The van der Waals surface area contributed by atoms with Crippen molar-refractivity contribution in [3.05, 3.63) is 0 Å². The topological polar surface area (TPSA) is 40.5 Å². The summed E-state index contributed by atoms with van der Waals surface area (Å²) >= 11 is 5.31. The summed E-state index contributed by atoms with van der Waals surface area (Å²) in [5.41, 5.74) is -1.10. The molecule has 0 saturated carbocycles. The van der Waals surface area contributed by atoms with Crippen molar-refractivity contribution in [3.63, 3.8) is 0 Å². The van der Waals surface area contributed by atoms with Crippen molar-refractivity contribution < 1.29 is 10.2 Å². The Bertz CT molecular complexity index is 145. The third-order valence-corrected chi connectivity index (χ3v) is 0.691. The lowest BCUT2D eigenvalue weighted by Gasteiger charge is -2.09. The van der Waals surface area contributed by atoms with Crippen LogP contribution in [0, 0.1) is 11.8 Å². The van der Waals surface area contributed by atoms with Crippen LogP contribution >= 0.6 is 11.6 Å². The predicted molar refractivity (Wildman–Crippen MR) is 40.6 cm³/mol. The molecule has 0 bridgehead atoms. The van der Waals surface area contributed by atoms with E-state index in [4.69, 9.17) is 21.8 Å². The Kier molecular flexibility index (Phi) is 2.73. The van der Waals surface area contributed by atoms with Gasteiger partial charge in [0.15, 0.2) is 5.06 Å². The molecular weight excluding hydrogens is 152 g/mol. The molecule has 1 unspecified atom stereocenters. The molecule has 0 rings (SSSR count). The number of rotatable bonds is 0. The molecular formula is C7H11ClO2. The minimum Gasteiger partial charge on any atom is -0.378 e. The van der Waals surface area contributed by atoms with E-state index >= 15 is 0 Å². The molecule has 3 heteroatoms. The van der Waals surface area contributed by atoms with Gasteiger partial charge in [-0.05, 0) is 26.7 Å². The first-order valence-corrected chi connectivity index (χ1v) is 3.26. The molecule has 0 amide bonds. The highest BCUT2D eigenvalue weighted by Crippen LogP contribution is 2.07. The van der Waals surface area contributed by atoms with E-state index in [1.165, 1.54) is 20.8 Å². The van der Waals surface area contributed by atoms with E-state index in [1.54, 1.807) is 0 Å². The first-order valence-electron chi connectivity index (χ1n) is 2.89. The summed E-state index contributed by atoms with van der Waals surface area (Å²) in [6.45, 7) is 4.37. The highest BCUT2D eigenvalue weighted by molar-refractivity contribution is 6.24. The third-order valence-electron chi connectivity index (χ3n) is 0.597. The second-order valence-corrected chi connectivity index (χ2v) is 3.50. The number of aliphatic hydroxyl groups is 2. The molecule has 0 aliphatic carbocycles. The molecule has 0 aromatic rings. The summed E-state index contributed by atoms with van der Waals surface area (Å²) < 4.78 is 0. The van der Waals surface area contributed by atoms with Crippen LogP contribution in [0.4, 0.5) is 0 Å². The summed E-state index contributed by atoms with van der Waals surface area (Å²) in [4.78, 5) is 0. The maximum atomic E-state index is 9.04. The lowest BCUT2D eigenvalue weighted by Crippen LogP contribution is -2.18.